The number of rotatable bonds is 2. The fourth-order valence-corrected chi connectivity index (χ4v) is 2.21. The maximum absolute atomic E-state index is 12.3. The number of nitrogens with zero attached hydrogens (tertiary/aromatic N) is 2. The highest BCUT2D eigenvalue weighted by atomic mass is 16.2. The molecule has 0 saturated carbocycles. The van der Waals surface area contributed by atoms with Gasteiger partial charge in [0, 0.05) is 18.3 Å². The zero-order chi connectivity index (χ0) is 13.1. The van der Waals surface area contributed by atoms with Gasteiger partial charge in [-0.3, -0.25) is 4.79 Å². The molecule has 1 amide bonds. The average Bonchev–Trinajstić information content (AvgIpc) is 2.35. The number of aryl methyl sites for hydroxylation is 1. The number of hydrogen-bond donors (Lipinski definition) is 1. The van der Waals surface area contributed by atoms with Gasteiger partial charge < -0.3 is 10.2 Å². The summed E-state index contributed by atoms with van der Waals surface area (Å²) in [5.74, 6) is -0.0153. The summed E-state index contributed by atoms with van der Waals surface area (Å²) in [5.41, 5.74) is 2.07. The molecule has 2 atom stereocenters. The normalized spacial score (nSPS) is 23.8. The summed E-state index contributed by atoms with van der Waals surface area (Å²) in [4.78, 5) is 14.0. The molecular formula is C14H17N3O. The second-order valence-corrected chi connectivity index (χ2v) is 4.77. The highest BCUT2D eigenvalue weighted by Crippen LogP contribution is 2.20. The van der Waals surface area contributed by atoms with Crippen LogP contribution in [-0.2, 0) is 4.79 Å². The van der Waals surface area contributed by atoms with E-state index in [4.69, 9.17) is 5.26 Å². The van der Waals surface area contributed by atoms with Gasteiger partial charge in [0.2, 0.25) is 5.91 Å². The van der Waals surface area contributed by atoms with Gasteiger partial charge in [-0.15, -0.1) is 0 Å². The quantitative estimate of drug-likeness (QED) is 0.858. The Bertz CT molecular complexity index is 475. The Hall–Kier alpha value is -1.86. The molecule has 1 aromatic carbocycles. The number of benzene rings is 1. The Morgan fingerprint density at radius 3 is 2.72 bits per heavy atom. The van der Waals surface area contributed by atoms with E-state index in [-0.39, 0.29) is 24.4 Å². The number of nitriles is 1. The zero-order valence-corrected chi connectivity index (χ0v) is 10.7. The Kier molecular flexibility index (Phi) is 3.63. The van der Waals surface area contributed by atoms with Crippen molar-refractivity contribution < 1.29 is 4.79 Å². The van der Waals surface area contributed by atoms with Gasteiger partial charge in [-0.2, -0.15) is 5.26 Å². The third-order valence-electron chi connectivity index (χ3n) is 3.15. The Morgan fingerprint density at radius 1 is 1.44 bits per heavy atom. The van der Waals surface area contributed by atoms with Gasteiger partial charge in [-0.05, 0) is 26.0 Å². The molecule has 1 saturated heterocycles. The van der Waals surface area contributed by atoms with Crippen molar-refractivity contribution in [2.45, 2.75) is 32.4 Å². The van der Waals surface area contributed by atoms with Gasteiger partial charge in [0.1, 0.15) is 6.04 Å². The molecule has 94 valence electrons. The van der Waals surface area contributed by atoms with E-state index in [1.807, 2.05) is 38.1 Å². The van der Waals surface area contributed by atoms with E-state index < -0.39 is 0 Å². The van der Waals surface area contributed by atoms with E-state index in [1.54, 1.807) is 4.90 Å². The van der Waals surface area contributed by atoms with E-state index in [1.165, 1.54) is 5.56 Å². The van der Waals surface area contributed by atoms with E-state index in [2.05, 4.69) is 11.4 Å². The second-order valence-electron chi connectivity index (χ2n) is 4.77. The molecule has 4 nitrogen and oxygen atoms in total. The van der Waals surface area contributed by atoms with Crippen molar-refractivity contribution in [3.63, 3.8) is 0 Å². The summed E-state index contributed by atoms with van der Waals surface area (Å²) in [5, 5.41) is 11.9. The minimum Gasteiger partial charge on any atom is -0.309 e. The largest absolute Gasteiger partial charge is 0.309 e. The molecule has 0 bridgehead atoms. The van der Waals surface area contributed by atoms with Crippen LogP contribution in [0.4, 0.5) is 5.69 Å². The first kappa shape index (κ1) is 12.6. The molecule has 1 heterocycles. The molecule has 1 N–H and O–H groups in total. The third-order valence-corrected chi connectivity index (χ3v) is 3.15. The Morgan fingerprint density at radius 2 is 2.11 bits per heavy atom. The van der Waals surface area contributed by atoms with Crippen LogP contribution < -0.4 is 10.2 Å². The van der Waals surface area contributed by atoms with Crippen LogP contribution in [0.1, 0.15) is 18.9 Å². The van der Waals surface area contributed by atoms with Crippen molar-refractivity contribution in [2.75, 3.05) is 11.4 Å². The maximum Gasteiger partial charge on any atom is 0.245 e. The predicted molar refractivity (Wildman–Crippen MR) is 70.1 cm³/mol. The number of amides is 1. The van der Waals surface area contributed by atoms with Crippen molar-refractivity contribution in [2.24, 2.45) is 0 Å². The summed E-state index contributed by atoms with van der Waals surface area (Å²) >= 11 is 0. The van der Waals surface area contributed by atoms with Gasteiger partial charge in [-0.25, -0.2) is 0 Å². The molecule has 2 unspecified atom stereocenters. The first-order valence-corrected chi connectivity index (χ1v) is 6.13. The lowest BCUT2D eigenvalue weighted by Gasteiger charge is -2.36. The SMILES string of the molecule is Cc1ccc(N2CC(C)NC(CC#N)C2=O)cc1. The lowest BCUT2D eigenvalue weighted by Crippen LogP contribution is -2.59. The summed E-state index contributed by atoms with van der Waals surface area (Å²) in [7, 11) is 0. The lowest BCUT2D eigenvalue weighted by atomic mass is 10.1. The smallest absolute Gasteiger partial charge is 0.245 e. The highest BCUT2D eigenvalue weighted by Gasteiger charge is 2.32. The first-order valence-electron chi connectivity index (χ1n) is 6.13. The molecule has 0 radical (unpaired) electrons. The summed E-state index contributed by atoms with van der Waals surface area (Å²) in [6.07, 6.45) is 0.214. The molecule has 0 aliphatic carbocycles. The molecule has 1 fully saturated rings. The van der Waals surface area contributed by atoms with Gasteiger partial charge in [0.25, 0.3) is 0 Å². The monoisotopic (exact) mass is 243 g/mol. The number of nitrogens with one attached hydrogen (secondary N) is 1. The number of hydrogen-bond acceptors (Lipinski definition) is 3. The molecular weight excluding hydrogens is 226 g/mol. The standard InChI is InChI=1S/C14H17N3O/c1-10-3-5-12(6-4-10)17-9-11(2)16-13(7-8-15)14(17)18/h3-6,11,13,16H,7,9H2,1-2H3. The number of piperazine rings is 1. The molecule has 0 spiro atoms. The van der Waals surface area contributed by atoms with Crippen LogP contribution >= 0.6 is 0 Å². The van der Waals surface area contributed by atoms with E-state index in [9.17, 15) is 4.79 Å². The van der Waals surface area contributed by atoms with Crippen molar-refractivity contribution >= 4 is 11.6 Å². The van der Waals surface area contributed by atoms with E-state index >= 15 is 0 Å². The topological polar surface area (TPSA) is 56.1 Å². The number of carbonyl (C=O) groups excluding carboxylic acids is 1. The molecule has 18 heavy (non-hydrogen) atoms. The van der Waals surface area contributed by atoms with Crippen LogP contribution in [0.3, 0.4) is 0 Å². The zero-order valence-electron chi connectivity index (χ0n) is 10.7. The van der Waals surface area contributed by atoms with Crippen LogP contribution in [0.2, 0.25) is 0 Å². The minimum absolute atomic E-state index is 0.0153. The van der Waals surface area contributed by atoms with Crippen LogP contribution in [0.5, 0.6) is 0 Å². The summed E-state index contributed by atoms with van der Waals surface area (Å²) < 4.78 is 0. The first-order chi connectivity index (χ1) is 8.61. The average molecular weight is 243 g/mol. The predicted octanol–water partition coefficient (Wildman–Crippen LogP) is 1.60. The number of carbonyl (C=O) groups is 1. The highest BCUT2D eigenvalue weighted by molar-refractivity contribution is 5.98. The van der Waals surface area contributed by atoms with Gasteiger partial charge >= 0.3 is 0 Å². The van der Waals surface area contributed by atoms with Crippen LogP contribution in [0.25, 0.3) is 0 Å². The molecule has 4 heteroatoms. The van der Waals surface area contributed by atoms with E-state index in [0.29, 0.717) is 6.54 Å². The van der Waals surface area contributed by atoms with Gasteiger partial charge in [-0.1, -0.05) is 17.7 Å². The summed E-state index contributed by atoms with van der Waals surface area (Å²) in [6.45, 7) is 4.69. The van der Waals surface area contributed by atoms with Gasteiger partial charge in [0.15, 0.2) is 0 Å². The minimum atomic E-state index is -0.389. The Balaban J connectivity index is 2.23. The fourth-order valence-electron chi connectivity index (χ4n) is 2.21. The number of anilines is 1. The second kappa shape index (κ2) is 5.19. The van der Waals surface area contributed by atoms with Crippen molar-refractivity contribution in [1.29, 1.82) is 5.26 Å². The van der Waals surface area contributed by atoms with Gasteiger partial charge in [0.05, 0.1) is 12.5 Å². The fraction of sp³-hybridized carbons (Fsp3) is 0.429. The molecule has 0 aromatic heterocycles. The van der Waals surface area contributed by atoms with Crippen LogP contribution in [0, 0.1) is 18.3 Å². The Labute approximate surface area is 107 Å². The molecule has 1 aromatic rings. The van der Waals surface area contributed by atoms with Crippen molar-refractivity contribution in [1.82, 2.24) is 5.32 Å². The van der Waals surface area contributed by atoms with Crippen LogP contribution in [0.15, 0.2) is 24.3 Å². The lowest BCUT2D eigenvalue weighted by molar-refractivity contribution is -0.122. The summed E-state index contributed by atoms with van der Waals surface area (Å²) in [6, 6.07) is 9.76. The van der Waals surface area contributed by atoms with Crippen molar-refractivity contribution in [3.8, 4) is 6.07 Å². The molecule has 1 aliphatic heterocycles. The van der Waals surface area contributed by atoms with E-state index in [0.717, 1.165) is 5.69 Å². The molecule has 2 rings (SSSR count). The third kappa shape index (κ3) is 2.52. The molecule has 1 aliphatic rings. The van der Waals surface area contributed by atoms with Crippen molar-refractivity contribution in [3.05, 3.63) is 29.8 Å². The van der Waals surface area contributed by atoms with Crippen LogP contribution in [-0.4, -0.2) is 24.5 Å². The maximum atomic E-state index is 12.3.